The number of rotatable bonds is 0. The molecule has 0 atom stereocenters. The molecule has 0 aliphatic carbocycles. The van der Waals surface area contributed by atoms with Crippen molar-refractivity contribution in [2.75, 3.05) is 0 Å². The van der Waals surface area contributed by atoms with Crippen LogP contribution in [0.15, 0.2) is 18.2 Å². The van der Waals surface area contributed by atoms with Gasteiger partial charge in [0.25, 0.3) is 0 Å². The number of benzene rings is 1. The molecule has 0 radical (unpaired) electrons. The number of nitriles is 1. The van der Waals surface area contributed by atoms with E-state index in [9.17, 15) is 4.39 Å². The standard InChI is InChI=1S/C9H4FNO/c10-8-4-1-5-9(12)7(8)3-2-6-11/h1,4-5,12H. The predicted octanol–water partition coefficient (Wildman–Crippen LogP) is 1.41. The van der Waals surface area contributed by atoms with E-state index in [0.29, 0.717) is 0 Å². The molecule has 1 N–H and O–H groups in total. The van der Waals surface area contributed by atoms with Crippen LogP contribution in [0.3, 0.4) is 0 Å². The first-order valence-corrected chi connectivity index (χ1v) is 3.13. The molecule has 0 amide bonds. The molecule has 0 spiro atoms. The molecule has 1 rings (SSSR count). The quantitative estimate of drug-likeness (QED) is 0.584. The maximum atomic E-state index is 12.8. The van der Waals surface area contributed by atoms with E-state index >= 15 is 0 Å². The lowest BCUT2D eigenvalue weighted by Crippen LogP contribution is -1.82. The molecule has 0 aromatic heterocycles. The second kappa shape index (κ2) is 3.41. The van der Waals surface area contributed by atoms with Crippen molar-refractivity contribution in [3.63, 3.8) is 0 Å². The molecule has 0 fully saturated rings. The van der Waals surface area contributed by atoms with Gasteiger partial charge in [-0.25, -0.2) is 4.39 Å². The Bertz CT molecular complexity index is 375. The Hall–Kier alpha value is -2.00. The van der Waals surface area contributed by atoms with Crippen molar-refractivity contribution in [1.82, 2.24) is 0 Å². The SMILES string of the molecule is N#CC#Cc1c(O)cccc1F. The summed E-state index contributed by atoms with van der Waals surface area (Å²) >= 11 is 0. The van der Waals surface area contributed by atoms with E-state index in [2.05, 4.69) is 5.92 Å². The highest BCUT2D eigenvalue weighted by atomic mass is 19.1. The van der Waals surface area contributed by atoms with Crippen LogP contribution in [0.4, 0.5) is 4.39 Å². The van der Waals surface area contributed by atoms with Crippen LogP contribution in [0.5, 0.6) is 5.75 Å². The van der Waals surface area contributed by atoms with E-state index in [1.165, 1.54) is 24.3 Å². The second-order valence-electron chi connectivity index (χ2n) is 2.00. The summed E-state index contributed by atoms with van der Waals surface area (Å²) in [6.45, 7) is 0. The number of hydrogen-bond acceptors (Lipinski definition) is 2. The lowest BCUT2D eigenvalue weighted by atomic mass is 10.2. The Labute approximate surface area is 68.9 Å². The lowest BCUT2D eigenvalue weighted by molar-refractivity contribution is 0.467. The van der Waals surface area contributed by atoms with Gasteiger partial charge in [0.05, 0.1) is 0 Å². The van der Waals surface area contributed by atoms with Crippen molar-refractivity contribution in [2.24, 2.45) is 0 Å². The average molecular weight is 161 g/mol. The van der Waals surface area contributed by atoms with Gasteiger partial charge in [-0.3, -0.25) is 0 Å². The van der Waals surface area contributed by atoms with Gasteiger partial charge in [-0.05, 0) is 18.1 Å². The Morgan fingerprint density at radius 2 is 2.17 bits per heavy atom. The zero-order valence-corrected chi connectivity index (χ0v) is 6.00. The molecule has 0 bridgehead atoms. The number of phenolic OH excluding ortho intramolecular Hbond substituents is 1. The Morgan fingerprint density at radius 1 is 1.42 bits per heavy atom. The van der Waals surface area contributed by atoms with Crippen molar-refractivity contribution in [2.45, 2.75) is 0 Å². The Morgan fingerprint density at radius 3 is 2.75 bits per heavy atom. The summed E-state index contributed by atoms with van der Waals surface area (Å²) in [5.41, 5.74) is -0.140. The molecule has 12 heavy (non-hydrogen) atoms. The largest absolute Gasteiger partial charge is 0.507 e. The molecular weight excluding hydrogens is 157 g/mol. The van der Waals surface area contributed by atoms with E-state index < -0.39 is 5.82 Å². The van der Waals surface area contributed by atoms with Gasteiger partial charge in [0, 0.05) is 5.92 Å². The first-order valence-electron chi connectivity index (χ1n) is 3.13. The Balaban J connectivity index is 3.24. The summed E-state index contributed by atoms with van der Waals surface area (Å²) in [4.78, 5) is 0. The Kier molecular flexibility index (Phi) is 2.30. The average Bonchev–Trinajstić information content (AvgIpc) is 2.04. The first kappa shape index (κ1) is 8.10. The van der Waals surface area contributed by atoms with Crippen molar-refractivity contribution < 1.29 is 9.50 Å². The molecule has 0 unspecified atom stereocenters. The minimum atomic E-state index is -0.627. The van der Waals surface area contributed by atoms with E-state index in [-0.39, 0.29) is 11.3 Å². The number of halogens is 1. The van der Waals surface area contributed by atoms with Gasteiger partial charge in [0.2, 0.25) is 0 Å². The number of hydrogen-bond donors (Lipinski definition) is 1. The van der Waals surface area contributed by atoms with Gasteiger partial charge in [0.15, 0.2) is 6.07 Å². The van der Waals surface area contributed by atoms with Gasteiger partial charge in [-0.2, -0.15) is 5.26 Å². The first-order chi connectivity index (χ1) is 5.75. The van der Waals surface area contributed by atoms with Crippen LogP contribution < -0.4 is 0 Å². The zero-order valence-electron chi connectivity index (χ0n) is 6.00. The smallest absolute Gasteiger partial charge is 0.152 e. The number of nitrogens with zero attached hydrogens (tertiary/aromatic N) is 1. The highest BCUT2D eigenvalue weighted by molar-refractivity contribution is 5.47. The normalized spacial score (nSPS) is 8.00. The van der Waals surface area contributed by atoms with Gasteiger partial charge >= 0.3 is 0 Å². The fourth-order valence-corrected chi connectivity index (χ4v) is 0.727. The van der Waals surface area contributed by atoms with Gasteiger partial charge in [0.1, 0.15) is 17.1 Å². The zero-order chi connectivity index (χ0) is 8.97. The molecule has 0 saturated heterocycles. The van der Waals surface area contributed by atoms with Crippen LogP contribution in [0, 0.1) is 29.0 Å². The van der Waals surface area contributed by atoms with Crippen molar-refractivity contribution in [3.05, 3.63) is 29.6 Å². The third kappa shape index (κ3) is 1.53. The topological polar surface area (TPSA) is 44.0 Å². The summed E-state index contributed by atoms with van der Waals surface area (Å²) < 4.78 is 12.8. The monoisotopic (exact) mass is 161 g/mol. The van der Waals surface area contributed by atoms with Crippen LogP contribution in [0.2, 0.25) is 0 Å². The minimum Gasteiger partial charge on any atom is -0.507 e. The summed E-state index contributed by atoms with van der Waals surface area (Å²) in [7, 11) is 0. The molecule has 0 heterocycles. The van der Waals surface area contributed by atoms with Gasteiger partial charge in [-0.1, -0.05) is 6.07 Å². The molecule has 3 heteroatoms. The van der Waals surface area contributed by atoms with Crippen LogP contribution in [0.25, 0.3) is 0 Å². The summed E-state index contributed by atoms with van der Waals surface area (Å²) in [6.07, 6.45) is 0. The van der Waals surface area contributed by atoms with Crippen molar-refractivity contribution >= 4 is 0 Å². The van der Waals surface area contributed by atoms with E-state index in [1.807, 2.05) is 5.92 Å². The molecule has 0 aliphatic rings. The minimum absolute atomic E-state index is 0.140. The molecule has 58 valence electrons. The van der Waals surface area contributed by atoms with Gasteiger partial charge in [-0.15, -0.1) is 0 Å². The maximum absolute atomic E-state index is 12.8. The fraction of sp³-hybridized carbons (Fsp3) is 0. The van der Waals surface area contributed by atoms with Crippen LogP contribution in [-0.4, -0.2) is 5.11 Å². The molecule has 1 aromatic carbocycles. The third-order valence-electron chi connectivity index (χ3n) is 1.24. The fourth-order valence-electron chi connectivity index (χ4n) is 0.727. The van der Waals surface area contributed by atoms with Crippen molar-refractivity contribution in [3.8, 4) is 23.7 Å². The highest BCUT2D eigenvalue weighted by Crippen LogP contribution is 2.17. The molecule has 2 nitrogen and oxygen atoms in total. The molecular formula is C9H4FNO. The summed E-state index contributed by atoms with van der Waals surface area (Å²) in [5.74, 6) is 3.32. The predicted molar refractivity (Wildman–Crippen MR) is 40.6 cm³/mol. The number of phenols is 1. The maximum Gasteiger partial charge on any atom is 0.152 e. The summed E-state index contributed by atoms with van der Waals surface area (Å²) in [5, 5.41) is 17.1. The van der Waals surface area contributed by atoms with Crippen LogP contribution >= 0.6 is 0 Å². The second-order valence-corrected chi connectivity index (χ2v) is 2.00. The molecule has 0 aliphatic heterocycles. The molecule has 0 saturated carbocycles. The summed E-state index contributed by atoms with van der Waals surface area (Å²) in [6, 6.07) is 5.37. The molecule has 1 aromatic rings. The number of aromatic hydroxyl groups is 1. The highest BCUT2D eigenvalue weighted by Gasteiger charge is 2.02. The van der Waals surface area contributed by atoms with E-state index in [4.69, 9.17) is 10.4 Å². The van der Waals surface area contributed by atoms with E-state index in [1.54, 1.807) is 0 Å². The van der Waals surface area contributed by atoms with Crippen LogP contribution in [-0.2, 0) is 0 Å². The van der Waals surface area contributed by atoms with Crippen molar-refractivity contribution in [1.29, 1.82) is 5.26 Å². The van der Waals surface area contributed by atoms with E-state index in [0.717, 1.165) is 0 Å². The lowest BCUT2D eigenvalue weighted by Gasteiger charge is -1.95. The van der Waals surface area contributed by atoms with Crippen LogP contribution in [0.1, 0.15) is 5.56 Å². The van der Waals surface area contributed by atoms with Gasteiger partial charge < -0.3 is 5.11 Å². The third-order valence-corrected chi connectivity index (χ3v) is 1.24.